The van der Waals surface area contributed by atoms with Crippen molar-refractivity contribution in [2.24, 2.45) is 5.92 Å². The second kappa shape index (κ2) is 4.46. The van der Waals surface area contributed by atoms with Crippen molar-refractivity contribution in [1.82, 2.24) is 0 Å². The largest absolute Gasteiger partial charge is 1.00 e. The van der Waals surface area contributed by atoms with Crippen molar-refractivity contribution in [3.63, 3.8) is 0 Å². The van der Waals surface area contributed by atoms with Gasteiger partial charge in [-0.3, -0.25) is 0 Å². The molecule has 0 aromatic carbocycles. The van der Waals surface area contributed by atoms with E-state index in [1.807, 2.05) is 0 Å². The normalized spacial score (nSPS) is 19.9. The molecule has 0 radical (unpaired) electrons. The van der Waals surface area contributed by atoms with Gasteiger partial charge in [0.1, 0.15) is 0 Å². The van der Waals surface area contributed by atoms with Gasteiger partial charge in [-0.1, -0.05) is 12.8 Å². The highest BCUT2D eigenvalue weighted by Crippen LogP contribution is 2.25. The molecule has 0 saturated heterocycles. The van der Waals surface area contributed by atoms with Gasteiger partial charge >= 0.3 is 0 Å². The molecule has 1 nitrogen and oxygen atoms in total. The predicted molar refractivity (Wildman–Crippen MR) is 44.9 cm³/mol. The highest BCUT2D eigenvalue weighted by molar-refractivity contribution is 4.65. The van der Waals surface area contributed by atoms with Crippen LogP contribution in [0.2, 0.25) is 0 Å². The van der Waals surface area contributed by atoms with Gasteiger partial charge in [0.25, 0.3) is 0 Å². The Labute approximate surface area is 81.1 Å². The SMILES string of the molecule is C[N+](C)(C)CC1CCCC1.[Br-]. The molecule has 11 heavy (non-hydrogen) atoms. The van der Waals surface area contributed by atoms with E-state index in [4.69, 9.17) is 0 Å². The first-order valence-electron chi connectivity index (χ1n) is 4.38. The van der Waals surface area contributed by atoms with Crippen LogP contribution in [0.1, 0.15) is 25.7 Å². The minimum atomic E-state index is 0. The number of quaternary nitrogens is 1. The lowest BCUT2D eigenvalue weighted by molar-refractivity contribution is -0.873. The molecule has 1 aliphatic rings. The van der Waals surface area contributed by atoms with E-state index in [1.165, 1.54) is 32.2 Å². The first kappa shape index (κ1) is 11.4. The summed E-state index contributed by atoms with van der Waals surface area (Å²) in [5.41, 5.74) is 0. The summed E-state index contributed by atoms with van der Waals surface area (Å²) in [5.74, 6) is 1.03. The fraction of sp³-hybridized carbons (Fsp3) is 1.00. The Morgan fingerprint density at radius 2 is 1.55 bits per heavy atom. The number of halogens is 1. The molecule has 0 bridgehead atoms. The van der Waals surface area contributed by atoms with Gasteiger partial charge in [-0.05, 0) is 12.8 Å². The van der Waals surface area contributed by atoms with E-state index >= 15 is 0 Å². The highest BCUT2D eigenvalue weighted by atomic mass is 79.9. The molecule has 1 rings (SSSR count). The molecule has 1 saturated carbocycles. The summed E-state index contributed by atoms with van der Waals surface area (Å²) >= 11 is 0. The topological polar surface area (TPSA) is 0 Å². The van der Waals surface area contributed by atoms with Crippen LogP contribution in [-0.2, 0) is 0 Å². The maximum atomic E-state index is 2.29. The molecule has 0 aliphatic heterocycles. The van der Waals surface area contributed by atoms with Crippen molar-refractivity contribution in [2.75, 3.05) is 27.7 Å². The molecule has 0 unspecified atom stereocenters. The van der Waals surface area contributed by atoms with Crippen molar-refractivity contribution in [3.8, 4) is 0 Å². The lowest BCUT2D eigenvalue weighted by Gasteiger charge is -2.27. The quantitative estimate of drug-likeness (QED) is 0.520. The van der Waals surface area contributed by atoms with Gasteiger partial charge in [-0.25, -0.2) is 0 Å². The minimum absolute atomic E-state index is 0. The van der Waals surface area contributed by atoms with Gasteiger partial charge in [0.2, 0.25) is 0 Å². The minimum Gasteiger partial charge on any atom is -1.00 e. The molecule has 0 amide bonds. The number of hydrogen-bond donors (Lipinski definition) is 0. The van der Waals surface area contributed by atoms with Gasteiger partial charge < -0.3 is 21.5 Å². The Hall–Kier alpha value is 0.440. The molecule has 0 spiro atoms. The second-order valence-electron chi connectivity index (χ2n) is 4.62. The van der Waals surface area contributed by atoms with E-state index < -0.39 is 0 Å². The highest BCUT2D eigenvalue weighted by Gasteiger charge is 2.21. The summed E-state index contributed by atoms with van der Waals surface area (Å²) in [4.78, 5) is 0. The molecule has 1 fully saturated rings. The van der Waals surface area contributed by atoms with E-state index in [-0.39, 0.29) is 17.0 Å². The zero-order valence-electron chi connectivity index (χ0n) is 7.94. The van der Waals surface area contributed by atoms with Crippen LogP contribution in [0.25, 0.3) is 0 Å². The van der Waals surface area contributed by atoms with Crippen molar-refractivity contribution < 1.29 is 21.5 Å². The summed E-state index contributed by atoms with van der Waals surface area (Å²) in [5, 5.41) is 0. The zero-order chi connectivity index (χ0) is 7.61. The molecule has 1 aliphatic carbocycles. The Morgan fingerprint density at radius 1 is 1.09 bits per heavy atom. The third-order valence-electron chi connectivity index (χ3n) is 2.28. The first-order valence-corrected chi connectivity index (χ1v) is 4.38. The number of rotatable bonds is 2. The summed E-state index contributed by atoms with van der Waals surface area (Å²) in [6, 6.07) is 0. The maximum absolute atomic E-state index is 2.29. The van der Waals surface area contributed by atoms with Crippen LogP contribution in [0.5, 0.6) is 0 Å². The van der Waals surface area contributed by atoms with Crippen molar-refractivity contribution in [1.29, 1.82) is 0 Å². The number of hydrogen-bond acceptors (Lipinski definition) is 0. The van der Waals surface area contributed by atoms with Crippen LogP contribution in [0.3, 0.4) is 0 Å². The Kier molecular flexibility index (Phi) is 4.64. The van der Waals surface area contributed by atoms with E-state index in [0.717, 1.165) is 10.4 Å². The van der Waals surface area contributed by atoms with Crippen LogP contribution in [0.4, 0.5) is 0 Å². The first-order chi connectivity index (χ1) is 4.58. The monoisotopic (exact) mass is 221 g/mol. The third-order valence-corrected chi connectivity index (χ3v) is 2.28. The molecule has 0 N–H and O–H groups in total. The van der Waals surface area contributed by atoms with E-state index in [2.05, 4.69) is 21.1 Å². The molecule has 2 heteroatoms. The molecular weight excluding hydrogens is 202 g/mol. The van der Waals surface area contributed by atoms with Crippen LogP contribution in [-0.4, -0.2) is 32.2 Å². The fourth-order valence-corrected chi connectivity index (χ4v) is 1.97. The molecule has 0 heterocycles. The Morgan fingerprint density at radius 3 is 1.91 bits per heavy atom. The van der Waals surface area contributed by atoms with Crippen molar-refractivity contribution in [3.05, 3.63) is 0 Å². The smallest absolute Gasteiger partial charge is 0.0809 e. The van der Waals surface area contributed by atoms with Gasteiger partial charge in [0.05, 0.1) is 27.7 Å². The van der Waals surface area contributed by atoms with Gasteiger partial charge in [0.15, 0.2) is 0 Å². The van der Waals surface area contributed by atoms with Crippen molar-refractivity contribution >= 4 is 0 Å². The maximum Gasteiger partial charge on any atom is 0.0809 e. The lowest BCUT2D eigenvalue weighted by atomic mass is 10.1. The molecule has 0 atom stereocenters. The zero-order valence-corrected chi connectivity index (χ0v) is 9.52. The molecule has 68 valence electrons. The average Bonchev–Trinajstić information content (AvgIpc) is 2.12. The van der Waals surface area contributed by atoms with Gasteiger partial charge in [-0.2, -0.15) is 0 Å². The average molecular weight is 222 g/mol. The second-order valence-corrected chi connectivity index (χ2v) is 4.62. The molecule has 0 aromatic heterocycles. The Balaban J connectivity index is 0.000001000. The lowest BCUT2D eigenvalue weighted by Crippen LogP contribution is -3.00. The van der Waals surface area contributed by atoms with Gasteiger partial charge in [0, 0.05) is 5.92 Å². The van der Waals surface area contributed by atoms with Crippen LogP contribution >= 0.6 is 0 Å². The van der Waals surface area contributed by atoms with E-state index in [9.17, 15) is 0 Å². The Bertz CT molecular complexity index is 101. The van der Waals surface area contributed by atoms with Gasteiger partial charge in [-0.15, -0.1) is 0 Å². The summed E-state index contributed by atoms with van der Waals surface area (Å²) < 4.78 is 1.14. The summed E-state index contributed by atoms with van der Waals surface area (Å²) in [7, 11) is 6.87. The third kappa shape index (κ3) is 4.81. The van der Waals surface area contributed by atoms with E-state index in [0.29, 0.717) is 0 Å². The van der Waals surface area contributed by atoms with Crippen molar-refractivity contribution in [2.45, 2.75) is 25.7 Å². The standard InChI is InChI=1S/C9H20N.BrH/c1-10(2,3)8-9-6-4-5-7-9;/h9H,4-8H2,1-3H3;1H/q+1;/p-1. The van der Waals surface area contributed by atoms with Crippen LogP contribution in [0.15, 0.2) is 0 Å². The molecule has 0 aromatic rings. The molecular formula is C9H20BrN. The number of nitrogens with zero attached hydrogens (tertiary/aromatic N) is 1. The summed E-state index contributed by atoms with van der Waals surface area (Å²) in [6.45, 7) is 1.38. The predicted octanol–water partition coefficient (Wildman–Crippen LogP) is -1.11. The van der Waals surface area contributed by atoms with E-state index in [1.54, 1.807) is 0 Å². The fourth-order valence-electron chi connectivity index (χ4n) is 1.97. The summed E-state index contributed by atoms with van der Waals surface area (Å²) in [6.07, 6.45) is 5.92. The van der Waals surface area contributed by atoms with Crippen LogP contribution in [0, 0.1) is 5.92 Å². The van der Waals surface area contributed by atoms with Crippen LogP contribution < -0.4 is 17.0 Å².